The summed E-state index contributed by atoms with van der Waals surface area (Å²) in [5.74, 6) is 0.318. The van der Waals surface area contributed by atoms with E-state index < -0.39 is 11.8 Å². The zero-order valence-corrected chi connectivity index (χ0v) is 19.3. The number of carbonyl (C=O) groups is 1. The van der Waals surface area contributed by atoms with Crippen molar-refractivity contribution in [3.63, 3.8) is 0 Å². The van der Waals surface area contributed by atoms with Crippen LogP contribution in [0.5, 0.6) is 11.6 Å². The smallest absolute Gasteiger partial charge is 0.323 e. The average molecular weight is 468 g/mol. The van der Waals surface area contributed by atoms with Crippen LogP contribution in [0, 0.1) is 12.7 Å². The third-order valence-electron chi connectivity index (χ3n) is 4.42. The number of nitrogens with one attached hydrogen (secondary N) is 2. The van der Waals surface area contributed by atoms with Crippen molar-refractivity contribution in [2.75, 3.05) is 10.6 Å². The molecule has 0 bridgehead atoms. The van der Waals surface area contributed by atoms with Gasteiger partial charge in [0, 0.05) is 24.5 Å². The minimum Gasteiger partial charge on any atom is -0.439 e. The Hall–Kier alpha value is -3.86. The number of benzene rings is 1. The van der Waals surface area contributed by atoms with Gasteiger partial charge in [-0.1, -0.05) is 0 Å². The second kappa shape index (κ2) is 8.94. The van der Waals surface area contributed by atoms with E-state index >= 15 is 0 Å². The van der Waals surface area contributed by atoms with Gasteiger partial charge in [-0.05, 0) is 57.4 Å². The third-order valence-corrected chi connectivity index (χ3v) is 5.29. The van der Waals surface area contributed by atoms with E-state index in [0.717, 1.165) is 10.6 Å². The van der Waals surface area contributed by atoms with Crippen LogP contribution in [0.4, 0.5) is 20.6 Å². The predicted molar refractivity (Wildman–Crippen MR) is 124 cm³/mol. The molecule has 9 nitrogen and oxygen atoms in total. The molecule has 0 aliphatic carbocycles. The van der Waals surface area contributed by atoms with Gasteiger partial charge in [0.25, 0.3) is 0 Å². The Kier molecular flexibility index (Phi) is 6.05. The van der Waals surface area contributed by atoms with E-state index in [4.69, 9.17) is 4.74 Å². The normalized spacial score (nSPS) is 11.3. The molecular weight excluding hydrogens is 445 g/mol. The van der Waals surface area contributed by atoms with E-state index in [0.29, 0.717) is 11.5 Å². The molecule has 1 aromatic carbocycles. The Morgan fingerprint density at radius 1 is 1.18 bits per heavy atom. The van der Waals surface area contributed by atoms with Gasteiger partial charge < -0.3 is 15.4 Å². The fraction of sp³-hybridized carbons (Fsp3) is 0.227. The highest BCUT2D eigenvalue weighted by atomic mass is 32.1. The molecule has 0 saturated heterocycles. The minimum absolute atomic E-state index is 0.00609. The number of carbonyl (C=O) groups excluding carboxylic acids is 1. The maximum absolute atomic E-state index is 14.6. The van der Waals surface area contributed by atoms with Crippen LogP contribution in [0.15, 0.2) is 48.9 Å². The summed E-state index contributed by atoms with van der Waals surface area (Å²) in [5, 5.41) is 9.33. The number of hydrogen-bond donors (Lipinski definition) is 2. The van der Waals surface area contributed by atoms with E-state index in [1.165, 1.54) is 35.9 Å². The van der Waals surface area contributed by atoms with Crippen molar-refractivity contribution in [3.05, 3.63) is 60.4 Å². The standard InChI is InChI=1S/C22H22FN7O2S/c1-13-9-18(33-29-13)20-24-8-7-19(28-20)32-15-5-6-17(16(23)10-15)27-21(31)26-14-11-25-30(12-14)22(2,3)4/h5-12H,1-4H3,(H2,26,27,31). The molecule has 0 aliphatic heterocycles. The lowest BCUT2D eigenvalue weighted by Gasteiger charge is -2.18. The van der Waals surface area contributed by atoms with Crippen LogP contribution in [0.2, 0.25) is 0 Å². The van der Waals surface area contributed by atoms with E-state index in [9.17, 15) is 9.18 Å². The number of halogens is 1. The summed E-state index contributed by atoms with van der Waals surface area (Å²) in [7, 11) is 0. The number of aryl methyl sites for hydroxylation is 1. The molecule has 0 unspecified atom stereocenters. The molecule has 33 heavy (non-hydrogen) atoms. The Morgan fingerprint density at radius 2 is 2.00 bits per heavy atom. The first kappa shape index (κ1) is 22.3. The van der Waals surface area contributed by atoms with Crippen molar-refractivity contribution in [1.82, 2.24) is 24.1 Å². The molecule has 4 rings (SSSR count). The average Bonchev–Trinajstić information content (AvgIpc) is 3.39. The third kappa shape index (κ3) is 5.50. The van der Waals surface area contributed by atoms with Crippen LogP contribution in [0.25, 0.3) is 10.7 Å². The van der Waals surface area contributed by atoms with Gasteiger partial charge in [0.15, 0.2) is 5.82 Å². The second-order valence-electron chi connectivity index (χ2n) is 8.22. The summed E-state index contributed by atoms with van der Waals surface area (Å²) >= 11 is 1.29. The molecule has 0 atom stereocenters. The maximum Gasteiger partial charge on any atom is 0.323 e. The monoisotopic (exact) mass is 467 g/mol. The van der Waals surface area contributed by atoms with Gasteiger partial charge in [0.05, 0.1) is 33.7 Å². The quantitative estimate of drug-likeness (QED) is 0.405. The molecule has 0 saturated carbocycles. The lowest BCUT2D eigenvalue weighted by Crippen LogP contribution is -2.22. The zero-order chi connectivity index (χ0) is 23.6. The van der Waals surface area contributed by atoms with Gasteiger partial charge in [0.1, 0.15) is 11.6 Å². The van der Waals surface area contributed by atoms with Crippen molar-refractivity contribution < 1.29 is 13.9 Å². The topological polar surface area (TPSA) is 107 Å². The zero-order valence-electron chi connectivity index (χ0n) is 18.5. The van der Waals surface area contributed by atoms with Crippen molar-refractivity contribution in [2.24, 2.45) is 0 Å². The van der Waals surface area contributed by atoms with Crippen LogP contribution in [-0.4, -0.2) is 30.2 Å². The maximum atomic E-state index is 14.6. The number of amides is 2. The number of ether oxygens (including phenoxy) is 1. The Balaban J connectivity index is 1.41. The predicted octanol–water partition coefficient (Wildman–Crippen LogP) is 5.44. The van der Waals surface area contributed by atoms with Crippen molar-refractivity contribution in [2.45, 2.75) is 33.2 Å². The van der Waals surface area contributed by atoms with Gasteiger partial charge in [0.2, 0.25) is 5.88 Å². The van der Waals surface area contributed by atoms with Crippen LogP contribution >= 0.6 is 11.5 Å². The molecule has 4 aromatic rings. The SMILES string of the molecule is Cc1cc(-c2nccc(Oc3ccc(NC(=O)Nc4cnn(C(C)(C)C)c4)c(F)c3)n2)sn1. The van der Waals surface area contributed by atoms with E-state index in [2.05, 4.69) is 30.1 Å². The minimum atomic E-state index is -0.652. The van der Waals surface area contributed by atoms with Gasteiger partial charge in [-0.2, -0.15) is 14.5 Å². The highest BCUT2D eigenvalue weighted by Gasteiger charge is 2.16. The van der Waals surface area contributed by atoms with Gasteiger partial charge in [-0.15, -0.1) is 0 Å². The molecule has 0 spiro atoms. The number of nitrogens with zero attached hydrogens (tertiary/aromatic N) is 5. The van der Waals surface area contributed by atoms with Crippen molar-refractivity contribution in [1.29, 1.82) is 0 Å². The highest BCUT2D eigenvalue weighted by molar-refractivity contribution is 7.09. The Morgan fingerprint density at radius 3 is 2.67 bits per heavy atom. The second-order valence-corrected chi connectivity index (χ2v) is 9.02. The summed E-state index contributed by atoms with van der Waals surface area (Å²) in [6.07, 6.45) is 4.79. The Bertz CT molecular complexity index is 1300. The molecule has 3 heterocycles. The van der Waals surface area contributed by atoms with Gasteiger partial charge >= 0.3 is 6.03 Å². The molecule has 170 valence electrons. The molecular formula is C22H22FN7O2S. The fourth-order valence-corrected chi connectivity index (χ4v) is 3.51. The first-order valence-corrected chi connectivity index (χ1v) is 10.8. The van der Waals surface area contributed by atoms with Crippen LogP contribution in [0.3, 0.4) is 0 Å². The van der Waals surface area contributed by atoms with Gasteiger partial charge in [-0.3, -0.25) is 4.68 Å². The fourth-order valence-electron chi connectivity index (χ4n) is 2.81. The van der Waals surface area contributed by atoms with Crippen LogP contribution in [-0.2, 0) is 5.54 Å². The number of aromatic nitrogens is 5. The summed E-state index contributed by atoms with van der Waals surface area (Å²) in [6, 6.07) is 6.99. The number of urea groups is 1. The van der Waals surface area contributed by atoms with Crippen molar-refractivity contribution in [3.8, 4) is 22.3 Å². The number of anilines is 2. The molecule has 2 N–H and O–H groups in total. The molecule has 2 amide bonds. The molecule has 0 fully saturated rings. The van der Waals surface area contributed by atoms with E-state index in [-0.39, 0.29) is 22.9 Å². The summed E-state index contributed by atoms with van der Waals surface area (Å²) in [6.45, 7) is 7.86. The highest BCUT2D eigenvalue weighted by Crippen LogP contribution is 2.27. The van der Waals surface area contributed by atoms with Crippen molar-refractivity contribution >= 4 is 28.9 Å². The van der Waals surface area contributed by atoms with E-state index in [1.807, 2.05) is 33.8 Å². The number of hydrogen-bond acceptors (Lipinski definition) is 7. The lowest BCUT2D eigenvalue weighted by atomic mass is 10.1. The lowest BCUT2D eigenvalue weighted by molar-refractivity contribution is 0.262. The first-order valence-electron chi connectivity index (χ1n) is 10.0. The number of rotatable bonds is 5. The van der Waals surface area contributed by atoms with Gasteiger partial charge in [-0.25, -0.2) is 14.2 Å². The summed E-state index contributed by atoms with van der Waals surface area (Å²) in [4.78, 5) is 21.6. The summed E-state index contributed by atoms with van der Waals surface area (Å²) < 4.78 is 26.2. The molecule has 0 radical (unpaired) electrons. The summed E-state index contributed by atoms with van der Waals surface area (Å²) in [5.41, 5.74) is 1.16. The van der Waals surface area contributed by atoms with E-state index in [1.54, 1.807) is 23.1 Å². The largest absolute Gasteiger partial charge is 0.439 e. The molecule has 11 heteroatoms. The molecule has 0 aliphatic rings. The molecule has 3 aromatic heterocycles. The van der Waals surface area contributed by atoms with Crippen LogP contribution < -0.4 is 15.4 Å². The Labute approximate surface area is 193 Å². The van der Waals surface area contributed by atoms with Crippen LogP contribution in [0.1, 0.15) is 26.5 Å². The first-order chi connectivity index (χ1) is 15.7.